The zero-order valence-corrected chi connectivity index (χ0v) is 10.7. The van der Waals surface area contributed by atoms with Crippen molar-refractivity contribution >= 4 is 23.7 Å². The van der Waals surface area contributed by atoms with Gasteiger partial charge in [-0.1, -0.05) is 13.5 Å². The van der Waals surface area contributed by atoms with Gasteiger partial charge in [0.2, 0.25) is 0 Å². The van der Waals surface area contributed by atoms with E-state index in [1.807, 2.05) is 13.8 Å². The van der Waals surface area contributed by atoms with Crippen molar-refractivity contribution in [3.05, 3.63) is 12.7 Å². The van der Waals surface area contributed by atoms with E-state index in [2.05, 4.69) is 11.3 Å². The third-order valence-corrected chi connectivity index (χ3v) is 3.63. The number of ether oxygens (including phenoxy) is 3. The van der Waals surface area contributed by atoms with Crippen LogP contribution in [0.15, 0.2) is 12.7 Å². The van der Waals surface area contributed by atoms with Crippen molar-refractivity contribution in [1.82, 2.24) is 0 Å². The fourth-order valence-electron chi connectivity index (χ4n) is 1.19. The molecule has 1 aliphatic heterocycles. The van der Waals surface area contributed by atoms with Crippen LogP contribution in [0.4, 0.5) is 0 Å². The molecular weight excluding hydrogens is 244 g/mol. The first-order valence-corrected chi connectivity index (χ1v) is 6.23. The Labute approximate surface area is 104 Å². The summed E-state index contributed by atoms with van der Waals surface area (Å²) >= 11 is 1.53. The standard InChI is InChI=1S/C11H16O5S/c1-4-9(12)15-5-10(13)16-11-6-14-7(2)8(3)17-11/h4,7-8,11H,1,5-6H2,2-3H3. The molecule has 6 heteroatoms. The first-order chi connectivity index (χ1) is 8.02. The van der Waals surface area contributed by atoms with Crippen LogP contribution in [0.1, 0.15) is 13.8 Å². The van der Waals surface area contributed by atoms with Gasteiger partial charge in [-0.15, -0.1) is 11.8 Å². The minimum atomic E-state index is -0.642. The average Bonchev–Trinajstić information content (AvgIpc) is 2.31. The van der Waals surface area contributed by atoms with Crippen molar-refractivity contribution in [3.63, 3.8) is 0 Å². The van der Waals surface area contributed by atoms with Gasteiger partial charge in [0.1, 0.15) is 0 Å². The van der Waals surface area contributed by atoms with E-state index >= 15 is 0 Å². The topological polar surface area (TPSA) is 61.8 Å². The lowest BCUT2D eigenvalue weighted by atomic mass is 10.3. The predicted octanol–water partition coefficient (Wildman–Crippen LogP) is 1.13. The van der Waals surface area contributed by atoms with Gasteiger partial charge in [-0.25, -0.2) is 9.59 Å². The summed E-state index contributed by atoms with van der Waals surface area (Å²) in [4.78, 5) is 22.0. The summed E-state index contributed by atoms with van der Waals surface area (Å²) in [6, 6.07) is 0. The second-order valence-corrected chi connectivity index (χ2v) is 5.15. The summed E-state index contributed by atoms with van der Waals surface area (Å²) in [5.41, 5.74) is -0.337. The predicted molar refractivity (Wildman–Crippen MR) is 63.5 cm³/mol. The van der Waals surface area contributed by atoms with Crippen molar-refractivity contribution in [2.24, 2.45) is 0 Å². The molecule has 1 heterocycles. The molecule has 5 nitrogen and oxygen atoms in total. The summed E-state index contributed by atoms with van der Waals surface area (Å²) in [6.07, 6.45) is 1.14. The van der Waals surface area contributed by atoms with E-state index in [0.717, 1.165) is 6.08 Å². The Bertz CT molecular complexity index is 304. The lowest BCUT2D eigenvalue weighted by molar-refractivity contribution is -0.159. The molecule has 0 aromatic heterocycles. The third-order valence-electron chi connectivity index (χ3n) is 2.28. The highest BCUT2D eigenvalue weighted by Crippen LogP contribution is 2.28. The summed E-state index contributed by atoms with van der Waals surface area (Å²) in [6.45, 7) is 7.16. The van der Waals surface area contributed by atoms with Crippen LogP contribution in [-0.2, 0) is 23.8 Å². The van der Waals surface area contributed by atoms with Gasteiger partial charge in [0.25, 0.3) is 0 Å². The van der Waals surface area contributed by atoms with E-state index in [9.17, 15) is 9.59 Å². The Morgan fingerprint density at radius 3 is 2.82 bits per heavy atom. The summed E-state index contributed by atoms with van der Waals surface area (Å²) in [7, 11) is 0. The number of carbonyl (C=O) groups is 2. The fraction of sp³-hybridized carbons (Fsp3) is 0.636. The smallest absolute Gasteiger partial charge is 0.345 e. The molecule has 0 bridgehead atoms. The number of hydrogen-bond acceptors (Lipinski definition) is 6. The number of rotatable bonds is 4. The van der Waals surface area contributed by atoms with Crippen LogP contribution >= 0.6 is 11.8 Å². The first kappa shape index (κ1) is 14.1. The molecule has 0 aromatic carbocycles. The highest BCUT2D eigenvalue weighted by molar-refractivity contribution is 8.00. The van der Waals surface area contributed by atoms with E-state index in [4.69, 9.17) is 9.47 Å². The molecule has 0 aliphatic carbocycles. The van der Waals surface area contributed by atoms with Gasteiger partial charge in [0.15, 0.2) is 12.0 Å². The molecule has 1 saturated heterocycles. The molecule has 0 saturated carbocycles. The van der Waals surface area contributed by atoms with Crippen LogP contribution in [0.2, 0.25) is 0 Å². The minimum absolute atomic E-state index is 0.147. The molecule has 1 aliphatic rings. The molecule has 1 fully saturated rings. The maximum absolute atomic E-state index is 11.3. The van der Waals surface area contributed by atoms with Gasteiger partial charge in [-0.3, -0.25) is 0 Å². The van der Waals surface area contributed by atoms with Crippen LogP contribution in [0.5, 0.6) is 0 Å². The van der Waals surface area contributed by atoms with Crippen molar-refractivity contribution < 1.29 is 23.8 Å². The van der Waals surface area contributed by atoms with Gasteiger partial charge in [0, 0.05) is 11.3 Å². The SMILES string of the molecule is C=CC(=O)OCC(=O)OC1COC(C)C(C)S1. The van der Waals surface area contributed by atoms with E-state index in [1.54, 1.807) is 0 Å². The third kappa shape index (κ3) is 4.79. The number of hydrogen-bond donors (Lipinski definition) is 0. The average molecular weight is 260 g/mol. The number of carbonyl (C=O) groups excluding carboxylic acids is 2. The highest BCUT2D eigenvalue weighted by atomic mass is 32.2. The number of esters is 2. The van der Waals surface area contributed by atoms with Crippen LogP contribution in [0.3, 0.4) is 0 Å². The maximum Gasteiger partial charge on any atom is 0.345 e. The van der Waals surface area contributed by atoms with Crippen molar-refractivity contribution in [2.75, 3.05) is 13.2 Å². The minimum Gasteiger partial charge on any atom is -0.451 e. The molecule has 17 heavy (non-hydrogen) atoms. The Morgan fingerprint density at radius 2 is 2.24 bits per heavy atom. The van der Waals surface area contributed by atoms with E-state index in [1.165, 1.54) is 11.8 Å². The largest absolute Gasteiger partial charge is 0.451 e. The second kappa shape index (κ2) is 6.66. The van der Waals surface area contributed by atoms with Crippen LogP contribution in [0, 0.1) is 0 Å². The normalized spacial score (nSPS) is 28.2. The van der Waals surface area contributed by atoms with E-state index < -0.39 is 18.5 Å². The van der Waals surface area contributed by atoms with Gasteiger partial charge < -0.3 is 14.2 Å². The highest BCUT2D eigenvalue weighted by Gasteiger charge is 2.28. The maximum atomic E-state index is 11.3. The molecule has 3 unspecified atom stereocenters. The molecule has 0 amide bonds. The lowest BCUT2D eigenvalue weighted by Crippen LogP contribution is -2.36. The quantitative estimate of drug-likeness (QED) is 0.557. The summed E-state index contributed by atoms with van der Waals surface area (Å²) in [5.74, 6) is -1.22. The molecule has 1 rings (SSSR count). The van der Waals surface area contributed by atoms with Crippen molar-refractivity contribution in [3.8, 4) is 0 Å². The zero-order valence-electron chi connectivity index (χ0n) is 9.88. The number of thioether (sulfide) groups is 1. The Kier molecular flexibility index (Phi) is 5.50. The van der Waals surface area contributed by atoms with Gasteiger partial charge in [-0.05, 0) is 6.92 Å². The molecule has 0 aromatic rings. The molecule has 96 valence electrons. The lowest BCUT2D eigenvalue weighted by Gasteiger charge is -2.31. The molecule has 0 radical (unpaired) electrons. The van der Waals surface area contributed by atoms with E-state index in [0.29, 0.717) is 6.61 Å². The molecule has 0 spiro atoms. The van der Waals surface area contributed by atoms with Gasteiger partial charge >= 0.3 is 11.9 Å². The second-order valence-electron chi connectivity index (χ2n) is 3.61. The van der Waals surface area contributed by atoms with Crippen molar-refractivity contribution in [2.45, 2.75) is 30.6 Å². The van der Waals surface area contributed by atoms with Crippen LogP contribution < -0.4 is 0 Å². The summed E-state index contributed by atoms with van der Waals surface area (Å²) in [5, 5.41) is 0.261. The molecule has 0 N–H and O–H groups in total. The Hall–Kier alpha value is -1.01. The van der Waals surface area contributed by atoms with Gasteiger partial charge in [-0.2, -0.15) is 0 Å². The van der Waals surface area contributed by atoms with Gasteiger partial charge in [0.05, 0.1) is 12.7 Å². The fourth-order valence-corrected chi connectivity index (χ4v) is 2.29. The Morgan fingerprint density at radius 1 is 1.53 bits per heavy atom. The molecule has 3 atom stereocenters. The first-order valence-electron chi connectivity index (χ1n) is 5.28. The van der Waals surface area contributed by atoms with E-state index in [-0.39, 0.29) is 16.8 Å². The zero-order chi connectivity index (χ0) is 12.8. The Balaban J connectivity index is 2.27. The molecular formula is C11H16O5S. The van der Waals surface area contributed by atoms with Crippen LogP contribution in [0.25, 0.3) is 0 Å². The van der Waals surface area contributed by atoms with Crippen molar-refractivity contribution in [1.29, 1.82) is 0 Å². The summed E-state index contributed by atoms with van der Waals surface area (Å²) < 4.78 is 15.1. The van der Waals surface area contributed by atoms with Crippen LogP contribution in [-0.4, -0.2) is 41.9 Å². The monoisotopic (exact) mass is 260 g/mol.